The lowest BCUT2D eigenvalue weighted by atomic mass is 9.91. The molecule has 3 atom stereocenters. The first-order chi connectivity index (χ1) is 8.61. The van der Waals surface area contributed by atoms with Crippen molar-refractivity contribution in [3.8, 4) is 0 Å². The van der Waals surface area contributed by atoms with Crippen LogP contribution in [0, 0.1) is 17.7 Å². The second-order valence-electron chi connectivity index (χ2n) is 5.49. The number of likely N-dealkylation sites (N-methyl/N-ethyl adjacent to an activating group) is 1. The number of nitrogens with one attached hydrogen (secondary N) is 1. The van der Waals surface area contributed by atoms with Crippen molar-refractivity contribution in [2.75, 3.05) is 7.05 Å². The summed E-state index contributed by atoms with van der Waals surface area (Å²) < 4.78 is 13.9. The summed E-state index contributed by atoms with van der Waals surface area (Å²) in [6, 6.07) is 5.61. The van der Waals surface area contributed by atoms with Gasteiger partial charge in [0, 0.05) is 6.04 Å². The van der Waals surface area contributed by atoms with E-state index in [1.54, 1.807) is 6.07 Å². The van der Waals surface area contributed by atoms with E-state index in [0.717, 1.165) is 17.9 Å². The van der Waals surface area contributed by atoms with E-state index in [0.29, 0.717) is 12.0 Å². The molecule has 1 fully saturated rings. The molecule has 1 saturated carbocycles. The van der Waals surface area contributed by atoms with Gasteiger partial charge in [0.2, 0.25) is 0 Å². The van der Waals surface area contributed by atoms with Crippen LogP contribution < -0.4 is 5.32 Å². The predicted molar refractivity (Wildman–Crippen MR) is 74.5 cm³/mol. The molecule has 3 heteroatoms. The summed E-state index contributed by atoms with van der Waals surface area (Å²) in [5, 5.41) is 3.57. The minimum atomic E-state index is -0.259. The Morgan fingerprint density at radius 1 is 1.44 bits per heavy atom. The Bertz CT molecular complexity index is 407. The van der Waals surface area contributed by atoms with Crippen molar-refractivity contribution in [1.82, 2.24) is 5.32 Å². The van der Waals surface area contributed by atoms with E-state index in [2.05, 4.69) is 12.2 Å². The molecule has 1 aliphatic rings. The van der Waals surface area contributed by atoms with E-state index in [-0.39, 0.29) is 10.8 Å². The predicted octanol–water partition coefficient (Wildman–Crippen LogP) is 4.05. The van der Waals surface area contributed by atoms with Gasteiger partial charge < -0.3 is 5.32 Å². The van der Waals surface area contributed by atoms with E-state index in [4.69, 9.17) is 11.6 Å². The largest absolute Gasteiger partial charge is 0.316 e. The fraction of sp³-hybridized carbons (Fsp3) is 0.600. The van der Waals surface area contributed by atoms with Crippen molar-refractivity contribution < 1.29 is 4.39 Å². The maximum atomic E-state index is 13.9. The number of benzene rings is 1. The highest BCUT2D eigenvalue weighted by Crippen LogP contribution is 2.34. The van der Waals surface area contributed by atoms with Crippen LogP contribution in [-0.4, -0.2) is 13.1 Å². The highest BCUT2D eigenvalue weighted by Gasteiger charge is 2.28. The third kappa shape index (κ3) is 3.04. The van der Waals surface area contributed by atoms with Crippen molar-refractivity contribution >= 4 is 11.6 Å². The normalized spacial score (nSPS) is 25.3. The first-order valence-electron chi connectivity index (χ1n) is 6.72. The van der Waals surface area contributed by atoms with Crippen molar-refractivity contribution in [3.05, 3.63) is 34.6 Å². The van der Waals surface area contributed by atoms with E-state index in [1.807, 2.05) is 19.2 Å². The lowest BCUT2D eigenvalue weighted by molar-refractivity contribution is 0.364. The Balaban J connectivity index is 2.08. The van der Waals surface area contributed by atoms with Gasteiger partial charge in [-0.25, -0.2) is 4.39 Å². The van der Waals surface area contributed by atoms with Crippen LogP contribution >= 0.6 is 11.6 Å². The standard InChI is InChI=1S/C15H21ClFN/c1-10-6-7-11(8-10)14(18-2)9-12-4-3-5-13(16)15(12)17/h3-5,10-11,14,18H,6-9H2,1-2H3. The summed E-state index contributed by atoms with van der Waals surface area (Å²) in [5.41, 5.74) is 0.724. The van der Waals surface area contributed by atoms with E-state index >= 15 is 0 Å². The average Bonchev–Trinajstić information content (AvgIpc) is 2.78. The second-order valence-corrected chi connectivity index (χ2v) is 5.90. The Hall–Kier alpha value is -0.600. The lowest BCUT2D eigenvalue weighted by Crippen LogP contribution is -2.34. The maximum absolute atomic E-state index is 13.9. The molecule has 0 saturated heterocycles. The van der Waals surface area contributed by atoms with Crippen molar-refractivity contribution in [2.45, 2.75) is 38.6 Å². The third-order valence-corrected chi connectivity index (χ3v) is 4.44. The first-order valence-corrected chi connectivity index (χ1v) is 7.09. The molecule has 0 heterocycles. The van der Waals surface area contributed by atoms with Gasteiger partial charge in [-0.1, -0.05) is 37.1 Å². The zero-order chi connectivity index (χ0) is 13.1. The molecular weight excluding hydrogens is 249 g/mol. The summed E-state index contributed by atoms with van der Waals surface area (Å²) in [4.78, 5) is 0. The summed E-state index contributed by atoms with van der Waals surface area (Å²) in [6.45, 7) is 2.30. The zero-order valence-electron chi connectivity index (χ0n) is 11.0. The van der Waals surface area contributed by atoms with Gasteiger partial charge in [0.15, 0.2) is 0 Å². The quantitative estimate of drug-likeness (QED) is 0.870. The minimum Gasteiger partial charge on any atom is -0.316 e. The fourth-order valence-electron chi connectivity index (χ4n) is 3.06. The Morgan fingerprint density at radius 2 is 2.22 bits per heavy atom. The summed E-state index contributed by atoms with van der Waals surface area (Å²) in [7, 11) is 1.97. The molecule has 0 bridgehead atoms. The van der Waals surface area contributed by atoms with Crippen LogP contribution in [0.3, 0.4) is 0 Å². The van der Waals surface area contributed by atoms with Gasteiger partial charge in [0.1, 0.15) is 5.82 Å². The molecule has 3 unspecified atom stereocenters. The number of hydrogen-bond donors (Lipinski definition) is 1. The molecule has 1 N–H and O–H groups in total. The molecule has 100 valence electrons. The molecule has 18 heavy (non-hydrogen) atoms. The number of rotatable bonds is 4. The molecule has 1 aromatic rings. The third-order valence-electron chi connectivity index (χ3n) is 4.15. The molecule has 0 aliphatic heterocycles. The van der Waals surface area contributed by atoms with Crippen LogP contribution in [0.15, 0.2) is 18.2 Å². The summed E-state index contributed by atoms with van der Waals surface area (Å²) >= 11 is 5.83. The molecule has 0 spiro atoms. The molecule has 0 aromatic heterocycles. The molecule has 0 radical (unpaired) electrons. The van der Waals surface area contributed by atoms with Crippen LogP contribution in [0.2, 0.25) is 5.02 Å². The Kier molecular flexibility index (Phi) is 4.63. The SMILES string of the molecule is CNC(Cc1cccc(Cl)c1F)C1CCC(C)C1. The molecule has 1 aromatic carbocycles. The zero-order valence-corrected chi connectivity index (χ0v) is 11.8. The molecule has 1 aliphatic carbocycles. The van der Waals surface area contributed by atoms with Crippen LogP contribution in [0.1, 0.15) is 31.7 Å². The van der Waals surface area contributed by atoms with Gasteiger partial charge in [-0.2, -0.15) is 0 Å². The average molecular weight is 270 g/mol. The van der Waals surface area contributed by atoms with Crippen molar-refractivity contribution in [3.63, 3.8) is 0 Å². The number of halogens is 2. The van der Waals surface area contributed by atoms with Crippen LogP contribution in [-0.2, 0) is 6.42 Å². The van der Waals surface area contributed by atoms with Gasteiger partial charge in [-0.3, -0.25) is 0 Å². The molecular formula is C15H21ClFN. The first kappa shape index (κ1) is 13.8. The lowest BCUT2D eigenvalue weighted by Gasteiger charge is -2.23. The second kappa shape index (κ2) is 6.03. The van der Waals surface area contributed by atoms with E-state index < -0.39 is 0 Å². The van der Waals surface area contributed by atoms with Gasteiger partial charge in [0.25, 0.3) is 0 Å². The fourth-order valence-corrected chi connectivity index (χ4v) is 3.26. The van der Waals surface area contributed by atoms with Gasteiger partial charge in [0.05, 0.1) is 5.02 Å². The monoisotopic (exact) mass is 269 g/mol. The molecule has 1 nitrogen and oxygen atoms in total. The van der Waals surface area contributed by atoms with Crippen LogP contribution in [0.25, 0.3) is 0 Å². The van der Waals surface area contributed by atoms with E-state index in [9.17, 15) is 4.39 Å². The number of hydrogen-bond acceptors (Lipinski definition) is 1. The summed E-state index contributed by atoms with van der Waals surface area (Å²) in [6.07, 6.45) is 4.50. The minimum absolute atomic E-state index is 0.224. The van der Waals surface area contributed by atoms with Crippen molar-refractivity contribution in [2.24, 2.45) is 11.8 Å². The summed E-state index contributed by atoms with van der Waals surface area (Å²) in [5.74, 6) is 1.20. The van der Waals surface area contributed by atoms with Gasteiger partial charge in [-0.05, 0) is 49.8 Å². The smallest absolute Gasteiger partial charge is 0.145 e. The van der Waals surface area contributed by atoms with E-state index in [1.165, 1.54) is 19.3 Å². The van der Waals surface area contributed by atoms with Gasteiger partial charge >= 0.3 is 0 Å². The highest BCUT2D eigenvalue weighted by atomic mass is 35.5. The Labute approximate surface area is 114 Å². The van der Waals surface area contributed by atoms with Gasteiger partial charge in [-0.15, -0.1) is 0 Å². The molecule has 2 rings (SSSR count). The Morgan fingerprint density at radius 3 is 2.83 bits per heavy atom. The topological polar surface area (TPSA) is 12.0 Å². The maximum Gasteiger partial charge on any atom is 0.145 e. The van der Waals surface area contributed by atoms with Crippen LogP contribution in [0.4, 0.5) is 4.39 Å². The highest BCUT2D eigenvalue weighted by molar-refractivity contribution is 6.30. The van der Waals surface area contributed by atoms with Crippen LogP contribution in [0.5, 0.6) is 0 Å². The van der Waals surface area contributed by atoms with Crippen molar-refractivity contribution in [1.29, 1.82) is 0 Å². The molecule has 0 amide bonds.